The molecular formula is C29H20N2S. The van der Waals surface area contributed by atoms with E-state index in [0.717, 1.165) is 16.8 Å². The molecule has 0 aliphatic heterocycles. The smallest absolute Gasteiger partial charge is 0.0895 e. The molecule has 0 unspecified atom stereocenters. The zero-order valence-electron chi connectivity index (χ0n) is 17.6. The summed E-state index contributed by atoms with van der Waals surface area (Å²) in [4.78, 5) is 9.44. The van der Waals surface area contributed by atoms with Gasteiger partial charge in [-0.1, -0.05) is 72.3 Å². The van der Waals surface area contributed by atoms with Gasteiger partial charge in [0.05, 0.1) is 15.9 Å². The molecule has 6 aromatic rings. The van der Waals surface area contributed by atoms with Gasteiger partial charge in [0, 0.05) is 28.0 Å². The summed E-state index contributed by atoms with van der Waals surface area (Å²) in [5, 5.41) is 1.20. The molecule has 0 aliphatic carbocycles. The van der Waals surface area contributed by atoms with Crippen molar-refractivity contribution in [3.05, 3.63) is 109 Å². The molecule has 0 radical (unpaired) electrons. The molecule has 0 aliphatic rings. The average molecular weight is 429 g/mol. The van der Waals surface area contributed by atoms with Crippen molar-refractivity contribution >= 4 is 31.6 Å². The number of benzene rings is 3. The van der Waals surface area contributed by atoms with E-state index >= 15 is 0 Å². The molecule has 0 N–H and O–H groups in total. The van der Waals surface area contributed by atoms with Crippen molar-refractivity contribution in [2.24, 2.45) is 0 Å². The van der Waals surface area contributed by atoms with Crippen molar-refractivity contribution in [3.63, 3.8) is 0 Å². The Bertz CT molecular complexity index is 1560. The van der Waals surface area contributed by atoms with E-state index in [9.17, 15) is 0 Å². The highest BCUT2D eigenvalue weighted by Gasteiger charge is 2.14. The molecule has 3 aromatic heterocycles. The number of thiophene rings is 1. The summed E-state index contributed by atoms with van der Waals surface area (Å²) < 4.78 is 2.43. The van der Waals surface area contributed by atoms with Gasteiger partial charge in [-0.3, -0.25) is 9.97 Å². The van der Waals surface area contributed by atoms with Gasteiger partial charge in [0.25, 0.3) is 0 Å². The molecular weight excluding hydrogens is 408 g/mol. The van der Waals surface area contributed by atoms with Crippen LogP contribution in [0, 0.1) is 6.92 Å². The van der Waals surface area contributed by atoms with Gasteiger partial charge in [0.1, 0.15) is 0 Å². The Hall–Kier alpha value is -3.82. The minimum absolute atomic E-state index is 0.976. The first kappa shape index (κ1) is 18.9. The molecule has 2 nitrogen and oxygen atoms in total. The van der Waals surface area contributed by atoms with Crippen LogP contribution in [-0.4, -0.2) is 9.97 Å². The van der Waals surface area contributed by atoms with Crippen molar-refractivity contribution in [1.82, 2.24) is 9.97 Å². The summed E-state index contributed by atoms with van der Waals surface area (Å²) >= 11 is 1.79. The molecule has 3 aromatic carbocycles. The molecule has 32 heavy (non-hydrogen) atoms. The molecule has 0 saturated carbocycles. The van der Waals surface area contributed by atoms with E-state index in [1.165, 1.54) is 42.6 Å². The Balaban J connectivity index is 1.50. The Morgan fingerprint density at radius 1 is 0.625 bits per heavy atom. The average Bonchev–Trinajstić information content (AvgIpc) is 3.23. The van der Waals surface area contributed by atoms with E-state index in [-0.39, 0.29) is 0 Å². The molecule has 6 rings (SSSR count). The minimum atomic E-state index is 0.976. The largest absolute Gasteiger partial charge is 0.256 e. The number of hydrogen-bond acceptors (Lipinski definition) is 3. The normalized spacial score (nSPS) is 11.3. The number of aryl methyl sites for hydroxylation is 1. The van der Waals surface area contributed by atoms with Gasteiger partial charge in [0.15, 0.2) is 0 Å². The van der Waals surface area contributed by atoms with Crippen molar-refractivity contribution in [2.45, 2.75) is 6.92 Å². The van der Waals surface area contributed by atoms with E-state index in [1.807, 2.05) is 18.5 Å². The number of rotatable bonds is 3. The molecule has 0 bridgehead atoms. The summed E-state index contributed by atoms with van der Waals surface area (Å²) in [6, 6.07) is 32.1. The molecule has 0 spiro atoms. The van der Waals surface area contributed by atoms with E-state index in [4.69, 9.17) is 9.97 Å². The number of nitrogens with zero attached hydrogens (tertiary/aromatic N) is 2. The SMILES string of the molecule is Cc1ccc(-c2ccc3c(c2)sc2c(-c4cc(-c5ccccc5)ccn4)ccnc23)cc1. The van der Waals surface area contributed by atoms with Crippen LogP contribution in [0.5, 0.6) is 0 Å². The van der Waals surface area contributed by atoms with Crippen molar-refractivity contribution < 1.29 is 0 Å². The number of aromatic nitrogens is 2. The van der Waals surface area contributed by atoms with Crippen LogP contribution in [-0.2, 0) is 0 Å². The van der Waals surface area contributed by atoms with Gasteiger partial charge >= 0.3 is 0 Å². The second-order valence-electron chi connectivity index (χ2n) is 8.01. The first-order valence-corrected chi connectivity index (χ1v) is 11.5. The van der Waals surface area contributed by atoms with Crippen LogP contribution in [0.2, 0.25) is 0 Å². The van der Waals surface area contributed by atoms with E-state index in [2.05, 4.69) is 91.9 Å². The summed E-state index contributed by atoms with van der Waals surface area (Å²) in [5.74, 6) is 0. The Morgan fingerprint density at radius 2 is 1.34 bits per heavy atom. The second-order valence-corrected chi connectivity index (χ2v) is 9.06. The van der Waals surface area contributed by atoms with Gasteiger partial charge in [-0.2, -0.15) is 0 Å². The fourth-order valence-corrected chi connectivity index (χ4v) is 5.39. The van der Waals surface area contributed by atoms with Gasteiger partial charge in [0.2, 0.25) is 0 Å². The third kappa shape index (κ3) is 3.28. The standard InChI is InChI=1S/C29H20N2S/c1-19-7-9-21(10-8-19)22-11-12-25-27(18-22)32-29-24(14-16-31-28(25)29)26-17-23(13-15-30-26)20-5-3-2-4-6-20/h2-18H,1H3. The van der Waals surface area contributed by atoms with Crippen molar-refractivity contribution in [1.29, 1.82) is 0 Å². The molecule has 0 atom stereocenters. The van der Waals surface area contributed by atoms with Crippen LogP contribution in [0.15, 0.2) is 103 Å². The fourth-order valence-electron chi connectivity index (χ4n) is 4.17. The van der Waals surface area contributed by atoms with Crippen molar-refractivity contribution in [3.8, 4) is 33.5 Å². The Morgan fingerprint density at radius 3 is 2.19 bits per heavy atom. The fraction of sp³-hybridized carbons (Fsp3) is 0.0345. The quantitative estimate of drug-likeness (QED) is 0.284. The predicted molar refractivity (Wildman–Crippen MR) is 136 cm³/mol. The summed E-state index contributed by atoms with van der Waals surface area (Å²) in [6.45, 7) is 2.12. The zero-order valence-corrected chi connectivity index (χ0v) is 18.4. The first-order valence-electron chi connectivity index (χ1n) is 10.7. The number of pyridine rings is 2. The first-order chi connectivity index (χ1) is 15.8. The van der Waals surface area contributed by atoms with Crippen LogP contribution in [0.3, 0.4) is 0 Å². The lowest BCUT2D eigenvalue weighted by Crippen LogP contribution is -1.86. The monoisotopic (exact) mass is 428 g/mol. The Kier molecular flexibility index (Phi) is 4.55. The van der Waals surface area contributed by atoms with Gasteiger partial charge in [-0.05, 0) is 53.4 Å². The molecule has 3 heteroatoms. The van der Waals surface area contributed by atoms with Crippen LogP contribution in [0.25, 0.3) is 53.8 Å². The molecule has 0 fully saturated rings. The van der Waals surface area contributed by atoms with Gasteiger partial charge < -0.3 is 0 Å². The maximum Gasteiger partial charge on any atom is 0.0895 e. The highest BCUT2D eigenvalue weighted by molar-refractivity contribution is 7.26. The Labute approximate surface area is 190 Å². The van der Waals surface area contributed by atoms with Gasteiger partial charge in [-0.25, -0.2) is 0 Å². The van der Waals surface area contributed by atoms with Crippen LogP contribution >= 0.6 is 11.3 Å². The minimum Gasteiger partial charge on any atom is -0.256 e. The highest BCUT2D eigenvalue weighted by atomic mass is 32.1. The van der Waals surface area contributed by atoms with Crippen LogP contribution < -0.4 is 0 Å². The third-order valence-corrected chi connectivity index (χ3v) is 7.06. The van der Waals surface area contributed by atoms with Crippen LogP contribution in [0.1, 0.15) is 5.56 Å². The van der Waals surface area contributed by atoms with E-state index in [1.54, 1.807) is 11.3 Å². The lowest BCUT2D eigenvalue weighted by Gasteiger charge is -2.06. The lowest BCUT2D eigenvalue weighted by molar-refractivity contribution is 1.32. The topological polar surface area (TPSA) is 25.8 Å². The highest BCUT2D eigenvalue weighted by Crippen LogP contribution is 2.40. The summed E-state index contributed by atoms with van der Waals surface area (Å²) in [5.41, 5.74) is 9.26. The maximum absolute atomic E-state index is 4.73. The summed E-state index contributed by atoms with van der Waals surface area (Å²) in [6.07, 6.45) is 3.79. The molecule has 0 amide bonds. The van der Waals surface area contributed by atoms with Crippen molar-refractivity contribution in [2.75, 3.05) is 0 Å². The zero-order chi connectivity index (χ0) is 21.5. The third-order valence-electron chi connectivity index (χ3n) is 5.88. The molecule has 152 valence electrons. The number of fused-ring (bicyclic) bond motifs is 3. The van der Waals surface area contributed by atoms with E-state index in [0.29, 0.717) is 0 Å². The summed E-state index contributed by atoms with van der Waals surface area (Å²) in [7, 11) is 0. The maximum atomic E-state index is 4.73. The molecule has 0 saturated heterocycles. The number of hydrogen-bond donors (Lipinski definition) is 0. The second kappa shape index (κ2) is 7.70. The van der Waals surface area contributed by atoms with E-state index < -0.39 is 0 Å². The lowest BCUT2D eigenvalue weighted by atomic mass is 10.0. The van der Waals surface area contributed by atoms with Crippen LogP contribution in [0.4, 0.5) is 0 Å². The van der Waals surface area contributed by atoms with Gasteiger partial charge in [-0.15, -0.1) is 11.3 Å². The predicted octanol–water partition coefficient (Wildman–Crippen LogP) is 8.15. The molecule has 3 heterocycles.